The molecule has 6 nitrogen and oxygen atoms in total. The van der Waals surface area contributed by atoms with Crippen molar-refractivity contribution >= 4 is 5.52 Å². The van der Waals surface area contributed by atoms with Crippen LogP contribution in [0.15, 0.2) is 65.7 Å². The summed E-state index contributed by atoms with van der Waals surface area (Å²) in [6.45, 7) is 1.95. The minimum atomic E-state index is -0.236. The van der Waals surface area contributed by atoms with Crippen molar-refractivity contribution in [3.8, 4) is 22.7 Å². The van der Waals surface area contributed by atoms with Crippen molar-refractivity contribution in [1.29, 1.82) is 0 Å². The summed E-state index contributed by atoms with van der Waals surface area (Å²) >= 11 is 0. The number of hydrogen-bond acceptors (Lipinski definition) is 4. The van der Waals surface area contributed by atoms with Crippen LogP contribution in [0.5, 0.6) is 5.75 Å². The molecule has 0 saturated heterocycles. The maximum atomic E-state index is 13.0. The minimum Gasteiger partial charge on any atom is -0.490 e. The molecule has 5 rings (SSSR count). The molecule has 6 heteroatoms. The van der Waals surface area contributed by atoms with Gasteiger partial charge < -0.3 is 4.74 Å². The topological polar surface area (TPSA) is 61.4 Å². The third-order valence-corrected chi connectivity index (χ3v) is 4.79. The third-order valence-electron chi connectivity index (χ3n) is 4.79. The Balaban J connectivity index is 1.64. The molecule has 1 aliphatic carbocycles. The highest BCUT2D eigenvalue weighted by atomic mass is 16.5. The summed E-state index contributed by atoms with van der Waals surface area (Å²) in [7, 11) is 0. The van der Waals surface area contributed by atoms with Crippen molar-refractivity contribution in [1.82, 2.24) is 19.2 Å². The van der Waals surface area contributed by atoms with Gasteiger partial charge in [0.1, 0.15) is 5.75 Å². The van der Waals surface area contributed by atoms with Gasteiger partial charge in [-0.15, -0.1) is 0 Å². The molecule has 134 valence electrons. The predicted molar refractivity (Wildman–Crippen MR) is 102 cm³/mol. The molecule has 0 radical (unpaired) electrons. The summed E-state index contributed by atoms with van der Waals surface area (Å²) in [5.41, 5.74) is 3.41. The van der Waals surface area contributed by atoms with Gasteiger partial charge >= 0.3 is 5.69 Å². The lowest BCUT2D eigenvalue weighted by Gasteiger charge is -2.07. The van der Waals surface area contributed by atoms with E-state index in [1.54, 1.807) is 22.9 Å². The molecule has 0 amide bonds. The van der Waals surface area contributed by atoms with E-state index in [0.717, 1.165) is 40.9 Å². The molecule has 1 aromatic carbocycles. The fourth-order valence-electron chi connectivity index (χ4n) is 3.28. The number of pyridine rings is 1. The molecule has 0 N–H and O–H groups in total. The highest BCUT2D eigenvalue weighted by Crippen LogP contribution is 2.32. The van der Waals surface area contributed by atoms with Gasteiger partial charge in [-0.3, -0.25) is 4.40 Å². The Labute approximate surface area is 155 Å². The second kappa shape index (κ2) is 6.09. The van der Waals surface area contributed by atoms with Gasteiger partial charge in [0.15, 0.2) is 5.82 Å². The molecular formula is C21H18N4O2. The molecule has 0 bridgehead atoms. The number of aromatic nitrogens is 4. The van der Waals surface area contributed by atoms with Crippen LogP contribution in [-0.4, -0.2) is 25.3 Å². The van der Waals surface area contributed by atoms with E-state index in [4.69, 9.17) is 4.74 Å². The number of fused-ring (bicyclic) bond motifs is 1. The molecule has 0 spiro atoms. The average molecular weight is 358 g/mol. The van der Waals surface area contributed by atoms with Gasteiger partial charge in [0.2, 0.25) is 0 Å². The molecule has 0 atom stereocenters. The SMILES string of the molecule is Cc1c(-c2cccc(OC3CC3)c2)cc2cnn(-c3ccccn3)c(=O)n12. The van der Waals surface area contributed by atoms with E-state index in [2.05, 4.69) is 10.1 Å². The predicted octanol–water partition coefficient (Wildman–Crippen LogP) is 3.40. The second-order valence-corrected chi connectivity index (χ2v) is 6.78. The zero-order chi connectivity index (χ0) is 18.4. The molecule has 0 unspecified atom stereocenters. The second-order valence-electron chi connectivity index (χ2n) is 6.78. The molecule has 27 heavy (non-hydrogen) atoms. The Morgan fingerprint density at radius 3 is 2.78 bits per heavy atom. The summed E-state index contributed by atoms with van der Waals surface area (Å²) in [6, 6.07) is 15.4. The van der Waals surface area contributed by atoms with E-state index in [9.17, 15) is 4.79 Å². The third kappa shape index (κ3) is 2.79. The summed E-state index contributed by atoms with van der Waals surface area (Å²) in [5, 5.41) is 4.29. The Morgan fingerprint density at radius 1 is 1.11 bits per heavy atom. The molecule has 3 aromatic heterocycles. The largest absolute Gasteiger partial charge is 0.490 e. The number of aryl methyl sites for hydroxylation is 1. The van der Waals surface area contributed by atoms with Crippen molar-refractivity contribution in [2.75, 3.05) is 0 Å². The van der Waals surface area contributed by atoms with Crippen LogP contribution >= 0.6 is 0 Å². The van der Waals surface area contributed by atoms with Crippen LogP contribution in [0.25, 0.3) is 22.5 Å². The lowest BCUT2D eigenvalue weighted by Crippen LogP contribution is -2.28. The van der Waals surface area contributed by atoms with Crippen molar-refractivity contribution in [2.24, 2.45) is 0 Å². The first-order valence-corrected chi connectivity index (χ1v) is 8.99. The zero-order valence-corrected chi connectivity index (χ0v) is 14.9. The maximum Gasteiger partial charge on any atom is 0.355 e. The number of hydrogen-bond donors (Lipinski definition) is 0. The van der Waals surface area contributed by atoms with Gasteiger partial charge in [0.05, 0.1) is 17.8 Å². The lowest BCUT2D eigenvalue weighted by atomic mass is 10.1. The molecule has 4 aromatic rings. The standard InChI is InChI=1S/C21H18N4O2/c1-14-19(15-5-4-6-18(11-15)27-17-8-9-17)12-16-13-23-25(21(26)24(14)16)20-7-2-3-10-22-20/h2-7,10-13,17H,8-9H2,1H3. The van der Waals surface area contributed by atoms with Crippen LogP contribution in [0.3, 0.4) is 0 Å². The normalized spacial score (nSPS) is 13.8. The maximum absolute atomic E-state index is 13.0. The van der Waals surface area contributed by atoms with Gasteiger partial charge in [-0.1, -0.05) is 18.2 Å². The first kappa shape index (κ1) is 15.8. The van der Waals surface area contributed by atoms with Crippen molar-refractivity contribution in [3.05, 3.63) is 77.1 Å². The first-order valence-electron chi connectivity index (χ1n) is 8.99. The Kier molecular flexibility index (Phi) is 3.57. The van der Waals surface area contributed by atoms with E-state index in [0.29, 0.717) is 11.9 Å². The molecule has 1 fully saturated rings. The molecule has 1 aliphatic rings. The van der Waals surface area contributed by atoms with Crippen LogP contribution in [-0.2, 0) is 0 Å². The number of benzene rings is 1. The Hall–Kier alpha value is -3.41. The number of nitrogens with zero attached hydrogens (tertiary/aromatic N) is 4. The van der Waals surface area contributed by atoms with Crippen molar-refractivity contribution < 1.29 is 4.74 Å². The monoisotopic (exact) mass is 358 g/mol. The van der Waals surface area contributed by atoms with Crippen LogP contribution < -0.4 is 10.4 Å². The van der Waals surface area contributed by atoms with Crippen molar-refractivity contribution in [3.63, 3.8) is 0 Å². The highest BCUT2D eigenvalue weighted by molar-refractivity contribution is 5.74. The van der Waals surface area contributed by atoms with Crippen LogP contribution in [0.2, 0.25) is 0 Å². The van der Waals surface area contributed by atoms with Gasteiger partial charge in [0, 0.05) is 17.5 Å². The Morgan fingerprint density at radius 2 is 2.00 bits per heavy atom. The molecule has 0 aliphatic heterocycles. The molecule has 3 heterocycles. The van der Waals surface area contributed by atoms with E-state index in [1.807, 2.05) is 49.4 Å². The number of rotatable bonds is 4. The first-order chi connectivity index (χ1) is 13.2. The Bertz CT molecular complexity index is 1190. The zero-order valence-electron chi connectivity index (χ0n) is 14.9. The fourth-order valence-corrected chi connectivity index (χ4v) is 3.28. The van der Waals surface area contributed by atoms with Gasteiger partial charge in [-0.2, -0.15) is 9.78 Å². The molecular weight excluding hydrogens is 340 g/mol. The lowest BCUT2D eigenvalue weighted by molar-refractivity contribution is 0.303. The van der Waals surface area contributed by atoms with E-state index >= 15 is 0 Å². The summed E-state index contributed by atoms with van der Waals surface area (Å²) in [4.78, 5) is 17.2. The van der Waals surface area contributed by atoms with Crippen molar-refractivity contribution in [2.45, 2.75) is 25.9 Å². The summed E-state index contributed by atoms with van der Waals surface area (Å²) in [5.74, 6) is 1.37. The van der Waals surface area contributed by atoms with E-state index in [-0.39, 0.29) is 5.69 Å². The number of ether oxygens (including phenoxy) is 1. The van der Waals surface area contributed by atoms with Gasteiger partial charge in [-0.25, -0.2) is 9.78 Å². The highest BCUT2D eigenvalue weighted by Gasteiger charge is 2.23. The smallest absolute Gasteiger partial charge is 0.355 e. The quantitative estimate of drug-likeness (QED) is 0.561. The van der Waals surface area contributed by atoms with E-state index < -0.39 is 0 Å². The average Bonchev–Trinajstić information content (AvgIpc) is 3.44. The van der Waals surface area contributed by atoms with Crippen LogP contribution in [0.1, 0.15) is 18.5 Å². The minimum absolute atomic E-state index is 0.236. The molecule has 1 saturated carbocycles. The fraction of sp³-hybridized carbons (Fsp3) is 0.190. The summed E-state index contributed by atoms with van der Waals surface area (Å²) in [6.07, 6.45) is 5.93. The van der Waals surface area contributed by atoms with E-state index in [1.165, 1.54) is 4.68 Å². The van der Waals surface area contributed by atoms with Crippen LogP contribution in [0, 0.1) is 6.92 Å². The van der Waals surface area contributed by atoms with Gasteiger partial charge in [-0.05, 0) is 55.7 Å². The summed E-state index contributed by atoms with van der Waals surface area (Å²) < 4.78 is 8.90. The van der Waals surface area contributed by atoms with Crippen LogP contribution in [0.4, 0.5) is 0 Å². The van der Waals surface area contributed by atoms with Gasteiger partial charge in [0.25, 0.3) is 0 Å².